The summed E-state index contributed by atoms with van der Waals surface area (Å²) >= 11 is 0. The number of aryl methyl sites for hydroxylation is 1. The summed E-state index contributed by atoms with van der Waals surface area (Å²) in [6.07, 6.45) is 0. The van der Waals surface area contributed by atoms with Crippen molar-refractivity contribution in [3.05, 3.63) is 89.5 Å². The van der Waals surface area contributed by atoms with Crippen molar-refractivity contribution >= 4 is 21.6 Å². The molecule has 1 N–H and O–H groups in total. The van der Waals surface area contributed by atoms with Crippen molar-refractivity contribution in [3.8, 4) is 5.75 Å². The molecule has 3 rings (SSSR count). The lowest BCUT2D eigenvalue weighted by Crippen LogP contribution is -2.26. The van der Waals surface area contributed by atoms with Gasteiger partial charge in [0.05, 0.1) is 4.90 Å². The Morgan fingerprint density at radius 3 is 2.29 bits per heavy atom. The van der Waals surface area contributed by atoms with Crippen LogP contribution in [0, 0.1) is 13.8 Å². The van der Waals surface area contributed by atoms with Crippen LogP contribution < -0.4 is 10.1 Å². The summed E-state index contributed by atoms with van der Waals surface area (Å²) in [6, 6.07) is 21.2. The van der Waals surface area contributed by atoms with Crippen LogP contribution in [0.5, 0.6) is 5.75 Å². The minimum Gasteiger partial charge on any atom is -0.484 e. The maximum absolute atomic E-state index is 12.8. The zero-order chi connectivity index (χ0) is 22.4. The Morgan fingerprint density at radius 1 is 0.935 bits per heavy atom. The van der Waals surface area contributed by atoms with Gasteiger partial charge in [-0.15, -0.1) is 0 Å². The number of hydrogen-bond donors (Lipinski definition) is 1. The number of benzene rings is 3. The fourth-order valence-corrected chi connectivity index (χ4v) is 4.19. The number of sulfonamides is 1. The maximum atomic E-state index is 12.8. The highest BCUT2D eigenvalue weighted by molar-refractivity contribution is 7.89. The molecule has 31 heavy (non-hydrogen) atoms. The van der Waals surface area contributed by atoms with Crippen LogP contribution in [0.15, 0.2) is 77.7 Å². The van der Waals surface area contributed by atoms with Crippen molar-refractivity contribution in [2.24, 2.45) is 0 Å². The van der Waals surface area contributed by atoms with E-state index in [1.54, 1.807) is 19.2 Å². The smallest absolute Gasteiger partial charge is 0.262 e. The second-order valence-electron chi connectivity index (χ2n) is 7.30. The van der Waals surface area contributed by atoms with E-state index in [1.165, 1.54) is 16.4 Å². The van der Waals surface area contributed by atoms with Gasteiger partial charge in [-0.2, -0.15) is 4.31 Å². The molecule has 0 atom stereocenters. The van der Waals surface area contributed by atoms with E-state index >= 15 is 0 Å². The summed E-state index contributed by atoms with van der Waals surface area (Å²) in [4.78, 5) is 12.4. The molecule has 3 aromatic carbocycles. The highest BCUT2D eigenvalue weighted by atomic mass is 32.2. The number of nitrogens with one attached hydrogen (secondary N) is 1. The lowest BCUT2D eigenvalue weighted by atomic mass is 10.1. The third kappa shape index (κ3) is 5.71. The second kappa shape index (κ2) is 9.76. The summed E-state index contributed by atoms with van der Waals surface area (Å²) in [5.41, 5.74) is 3.75. The molecular weight excluding hydrogens is 412 g/mol. The highest BCUT2D eigenvalue weighted by Gasteiger charge is 2.21. The fraction of sp³-hybridized carbons (Fsp3) is 0.208. The highest BCUT2D eigenvalue weighted by Crippen LogP contribution is 2.21. The zero-order valence-corrected chi connectivity index (χ0v) is 18.6. The molecule has 6 nitrogen and oxygen atoms in total. The van der Waals surface area contributed by atoms with Gasteiger partial charge in [0.25, 0.3) is 5.91 Å². The quantitative estimate of drug-likeness (QED) is 0.574. The Balaban J connectivity index is 1.59. The number of ether oxygens (including phenoxy) is 1. The molecular formula is C24H26N2O4S. The van der Waals surface area contributed by atoms with Gasteiger partial charge in [0.1, 0.15) is 5.75 Å². The van der Waals surface area contributed by atoms with Gasteiger partial charge in [-0.3, -0.25) is 4.79 Å². The van der Waals surface area contributed by atoms with Gasteiger partial charge in [-0.05, 0) is 60.9 Å². The van der Waals surface area contributed by atoms with Crippen molar-refractivity contribution in [1.82, 2.24) is 4.31 Å². The van der Waals surface area contributed by atoms with E-state index in [2.05, 4.69) is 5.32 Å². The molecule has 0 saturated heterocycles. The second-order valence-corrected chi connectivity index (χ2v) is 9.35. The average Bonchev–Trinajstić information content (AvgIpc) is 2.76. The van der Waals surface area contributed by atoms with Gasteiger partial charge in [0.15, 0.2) is 6.61 Å². The first-order valence-electron chi connectivity index (χ1n) is 9.86. The summed E-state index contributed by atoms with van der Waals surface area (Å²) in [5.74, 6) is 0.133. The number of rotatable bonds is 8. The third-order valence-corrected chi connectivity index (χ3v) is 6.85. The topological polar surface area (TPSA) is 75.7 Å². The molecule has 7 heteroatoms. The maximum Gasteiger partial charge on any atom is 0.262 e. The van der Waals surface area contributed by atoms with E-state index in [0.717, 1.165) is 22.4 Å². The number of amides is 1. The van der Waals surface area contributed by atoms with E-state index in [9.17, 15) is 13.2 Å². The molecule has 0 fully saturated rings. The molecule has 162 valence electrons. The number of carbonyl (C=O) groups is 1. The summed E-state index contributed by atoms with van der Waals surface area (Å²) < 4.78 is 32.4. The van der Waals surface area contributed by atoms with Gasteiger partial charge >= 0.3 is 0 Å². The van der Waals surface area contributed by atoms with Crippen LogP contribution >= 0.6 is 0 Å². The van der Waals surface area contributed by atoms with Crippen LogP contribution in [0.4, 0.5) is 5.69 Å². The van der Waals surface area contributed by atoms with Crippen LogP contribution in [0.2, 0.25) is 0 Å². The Labute approximate surface area is 183 Å². The average molecular weight is 439 g/mol. The Bertz CT molecular complexity index is 1140. The van der Waals surface area contributed by atoms with Crippen molar-refractivity contribution in [2.45, 2.75) is 25.3 Å². The van der Waals surface area contributed by atoms with E-state index in [4.69, 9.17) is 4.74 Å². The molecule has 0 unspecified atom stereocenters. The van der Waals surface area contributed by atoms with Gasteiger partial charge in [0.2, 0.25) is 10.0 Å². The Kier molecular flexibility index (Phi) is 7.09. The van der Waals surface area contributed by atoms with Crippen LogP contribution in [0.1, 0.15) is 16.7 Å². The van der Waals surface area contributed by atoms with E-state index in [0.29, 0.717) is 5.75 Å². The predicted molar refractivity (Wildman–Crippen MR) is 122 cm³/mol. The number of nitrogens with zero attached hydrogens (tertiary/aromatic N) is 1. The van der Waals surface area contributed by atoms with Gasteiger partial charge < -0.3 is 10.1 Å². The molecule has 0 radical (unpaired) electrons. The summed E-state index contributed by atoms with van der Waals surface area (Å²) in [6.45, 7) is 4.03. The minimum absolute atomic E-state index is 0.165. The normalized spacial score (nSPS) is 11.4. The van der Waals surface area contributed by atoms with E-state index < -0.39 is 10.0 Å². The molecule has 0 aromatic heterocycles. The van der Waals surface area contributed by atoms with Gasteiger partial charge in [0, 0.05) is 19.3 Å². The number of anilines is 1. The lowest BCUT2D eigenvalue weighted by Gasteiger charge is -2.17. The molecule has 0 heterocycles. The van der Waals surface area contributed by atoms with Crippen molar-refractivity contribution in [3.63, 3.8) is 0 Å². The molecule has 3 aromatic rings. The first kappa shape index (κ1) is 22.5. The van der Waals surface area contributed by atoms with Crippen molar-refractivity contribution in [2.75, 3.05) is 19.0 Å². The standard InChI is InChI=1S/C24H26N2O4S/c1-18-8-7-11-23(19(18)2)25-24(27)17-30-21-12-14-22(15-13-21)31(28,29)26(3)16-20-9-5-4-6-10-20/h4-15H,16-17H2,1-3H3,(H,25,27). The van der Waals surface area contributed by atoms with Crippen LogP contribution in [0.3, 0.4) is 0 Å². The van der Waals surface area contributed by atoms with E-state index in [1.807, 2.05) is 62.4 Å². The first-order valence-corrected chi connectivity index (χ1v) is 11.3. The number of hydrogen-bond acceptors (Lipinski definition) is 4. The van der Waals surface area contributed by atoms with Crippen LogP contribution in [0.25, 0.3) is 0 Å². The number of carbonyl (C=O) groups excluding carboxylic acids is 1. The predicted octanol–water partition coefficient (Wildman–Crippen LogP) is 4.14. The molecule has 0 aliphatic heterocycles. The monoisotopic (exact) mass is 438 g/mol. The molecule has 0 aliphatic rings. The Hall–Kier alpha value is -3.16. The van der Waals surface area contributed by atoms with Crippen molar-refractivity contribution < 1.29 is 17.9 Å². The third-order valence-electron chi connectivity index (χ3n) is 5.03. The minimum atomic E-state index is -3.64. The SMILES string of the molecule is Cc1cccc(NC(=O)COc2ccc(S(=O)(=O)N(C)Cc3ccccc3)cc2)c1C. The zero-order valence-electron chi connectivity index (χ0n) is 17.8. The van der Waals surface area contributed by atoms with Crippen LogP contribution in [-0.4, -0.2) is 32.3 Å². The molecule has 0 aliphatic carbocycles. The lowest BCUT2D eigenvalue weighted by molar-refractivity contribution is -0.118. The fourth-order valence-electron chi connectivity index (χ4n) is 3.03. The van der Waals surface area contributed by atoms with Gasteiger partial charge in [-0.1, -0.05) is 42.5 Å². The van der Waals surface area contributed by atoms with Gasteiger partial charge in [-0.25, -0.2) is 8.42 Å². The molecule has 1 amide bonds. The molecule has 0 saturated carbocycles. The molecule has 0 bridgehead atoms. The van der Waals surface area contributed by atoms with E-state index in [-0.39, 0.29) is 24.0 Å². The van der Waals surface area contributed by atoms with Crippen molar-refractivity contribution in [1.29, 1.82) is 0 Å². The largest absolute Gasteiger partial charge is 0.484 e. The summed E-state index contributed by atoms with van der Waals surface area (Å²) in [7, 11) is -2.09. The summed E-state index contributed by atoms with van der Waals surface area (Å²) in [5, 5.41) is 2.83. The first-order chi connectivity index (χ1) is 14.8. The van der Waals surface area contributed by atoms with Crippen LogP contribution in [-0.2, 0) is 21.4 Å². The molecule has 0 spiro atoms. The Morgan fingerprint density at radius 2 is 1.61 bits per heavy atom.